The van der Waals surface area contributed by atoms with E-state index in [2.05, 4.69) is 56.8 Å². The second-order valence-corrected chi connectivity index (χ2v) is 17.7. The van der Waals surface area contributed by atoms with Crippen LogP contribution in [-0.2, 0) is 27.4 Å². The summed E-state index contributed by atoms with van der Waals surface area (Å²) >= 11 is 0. The Morgan fingerprint density at radius 2 is 1.57 bits per heavy atom. The summed E-state index contributed by atoms with van der Waals surface area (Å²) in [6.45, 7) is 15.4. The van der Waals surface area contributed by atoms with E-state index in [1.165, 1.54) is 0 Å². The topological polar surface area (TPSA) is 145 Å². The van der Waals surface area contributed by atoms with E-state index in [1.807, 2.05) is 72.9 Å². The third-order valence-corrected chi connectivity index (χ3v) is 11.7. The van der Waals surface area contributed by atoms with Crippen LogP contribution in [0.2, 0.25) is 0 Å². The maximum Gasteiger partial charge on any atom is 0.354 e. The molecule has 2 aliphatic rings. The van der Waals surface area contributed by atoms with Gasteiger partial charge in [-0.15, -0.1) is 0 Å². The highest BCUT2D eigenvalue weighted by Crippen LogP contribution is 2.33. The summed E-state index contributed by atoms with van der Waals surface area (Å²) in [4.78, 5) is 20.0. The molecule has 1 saturated heterocycles. The van der Waals surface area contributed by atoms with Crippen molar-refractivity contribution in [2.75, 3.05) is 26.2 Å². The zero-order valence-electron chi connectivity index (χ0n) is 31.6. The van der Waals surface area contributed by atoms with E-state index in [1.54, 1.807) is 21.0 Å². The molecule has 12 heteroatoms. The molecule has 0 spiro atoms. The molecule has 53 heavy (non-hydrogen) atoms. The number of para-hydroxylation sites is 2. The Morgan fingerprint density at radius 3 is 2.19 bits per heavy atom. The second-order valence-electron chi connectivity index (χ2n) is 15.8. The van der Waals surface area contributed by atoms with Crippen molar-refractivity contribution in [1.82, 2.24) is 24.2 Å². The molecule has 282 valence electrons. The molecule has 0 radical (unpaired) electrons. The molecule has 1 atom stereocenters. The number of hydrogen-bond acceptors (Lipinski definition) is 8. The molecule has 4 heterocycles. The largest absolute Gasteiger partial charge is 0.486 e. The van der Waals surface area contributed by atoms with Crippen molar-refractivity contribution in [1.29, 1.82) is 0 Å². The van der Waals surface area contributed by atoms with Gasteiger partial charge in [0, 0.05) is 35.3 Å². The van der Waals surface area contributed by atoms with Gasteiger partial charge in [0.2, 0.25) is 10.0 Å². The number of nitrogens with zero attached hydrogens (tertiary/aromatic N) is 3. The minimum Gasteiger partial charge on any atom is -0.486 e. The zero-order chi connectivity index (χ0) is 38.0. The van der Waals surface area contributed by atoms with E-state index < -0.39 is 10.0 Å². The summed E-state index contributed by atoms with van der Waals surface area (Å²) in [5, 5.41) is 4.25. The molecule has 1 fully saturated rings. The first-order valence-electron chi connectivity index (χ1n) is 18.3. The monoisotopic (exact) mass is 740 g/mol. The Hall–Kier alpha value is -4.49. The van der Waals surface area contributed by atoms with Gasteiger partial charge < -0.3 is 25.5 Å². The van der Waals surface area contributed by atoms with Gasteiger partial charge in [-0.2, -0.15) is 9.29 Å². The first-order valence-corrected chi connectivity index (χ1v) is 19.7. The van der Waals surface area contributed by atoms with E-state index in [-0.39, 0.29) is 35.2 Å². The number of ether oxygens (including phenoxy) is 2. The molecule has 2 aromatic heterocycles. The lowest BCUT2D eigenvalue weighted by Crippen LogP contribution is -2.51. The minimum absolute atomic E-state index is 0.0165. The van der Waals surface area contributed by atoms with Gasteiger partial charge in [0.1, 0.15) is 18.4 Å². The average Bonchev–Trinajstić information content (AvgIpc) is 3.57. The summed E-state index contributed by atoms with van der Waals surface area (Å²) in [5.74, 6) is 1.36. The molecule has 5 aromatic rings. The molecular weight excluding hydrogens is 689 g/mol. The van der Waals surface area contributed by atoms with Gasteiger partial charge in [-0.1, -0.05) is 77.9 Å². The SMILES string of the molecule is CC(C)(C)c1cc2cn(-c3ccc(CN)cc3)c(=O)nc2[nH]1.CC(C)(C)c1ccc(S(=O)(=O)N(CC2COc3ccccc3O2)C2CCNCC2)cc1. The third kappa shape index (κ3) is 8.84. The van der Waals surface area contributed by atoms with Crippen molar-refractivity contribution in [2.45, 2.75) is 88.8 Å². The number of fused-ring (bicyclic) bond motifs is 2. The van der Waals surface area contributed by atoms with Crippen LogP contribution in [0, 0.1) is 0 Å². The van der Waals surface area contributed by atoms with Gasteiger partial charge in [0.15, 0.2) is 11.5 Å². The molecule has 0 amide bonds. The van der Waals surface area contributed by atoms with E-state index in [0.717, 1.165) is 53.8 Å². The summed E-state index contributed by atoms with van der Waals surface area (Å²) < 4.78 is 42.6. The number of aromatic amines is 1. The second kappa shape index (κ2) is 15.5. The highest BCUT2D eigenvalue weighted by molar-refractivity contribution is 7.89. The van der Waals surface area contributed by atoms with Crippen LogP contribution in [0.25, 0.3) is 16.7 Å². The van der Waals surface area contributed by atoms with E-state index in [4.69, 9.17) is 15.2 Å². The van der Waals surface area contributed by atoms with Crippen LogP contribution in [0.3, 0.4) is 0 Å². The van der Waals surface area contributed by atoms with Gasteiger partial charge >= 0.3 is 5.69 Å². The van der Waals surface area contributed by atoms with Crippen molar-refractivity contribution >= 4 is 21.1 Å². The van der Waals surface area contributed by atoms with Crippen LogP contribution in [0.4, 0.5) is 0 Å². The number of piperidine rings is 1. The van der Waals surface area contributed by atoms with Gasteiger partial charge in [-0.25, -0.2) is 13.2 Å². The number of benzene rings is 3. The standard InChI is InChI=1S/C24H32N2O4S.C17H20N4O/c1-24(2,3)18-8-10-21(11-9-18)31(27,28)26(19-12-14-25-15-13-19)16-20-17-29-22-6-4-5-7-23(22)30-20;1-17(2,3)14-8-12-10-21(16(22)20-15(12)19-14)13-6-4-11(9-18)5-7-13/h4-11,19-20,25H,12-17H2,1-3H3;4-8,10H,9,18H2,1-3H3,(H,19,20,22). The lowest BCUT2D eigenvalue weighted by atomic mass is 9.87. The molecule has 2 aliphatic heterocycles. The summed E-state index contributed by atoms with van der Waals surface area (Å²) in [6, 6.07) is 24.4. The Kier molecular flexibility index (Phi) is 11.2. The smallest absolute Gasteiger partial charge is 0.354 e. The summed E-state index contributed by atoms with van der Waals surface area (Å²) in [7, 11) is -3.67. The number of sulfonamides is 1. The predicted octanol–water partition coefficient (Wildman–Crippen LogP) is 6.04. The zero-order valence-corrected chi connectivity index (χ0v) is 32.4. The number of H-pyrrole nitrogens is 1. The Bertz CT molecular complexity index is 2180. The lowest BCUT2D eigenvalue weighted by molar-refractivity contribution is 0.0666. The van der Waals surface area contributed by atoms with Crippen LogP contribution in [0.1, 0.15) is 71.2 Å². The van der Waals surface area contributed by atoms with Crippen LogP contribution in [0.5, 0.6) is 11.5 Å². The summed E-state index contributed by atoms with van der Waals surface area (Å²) in [5.41, 5.74) is 9.88. The lowest BCUT2D eigenvalue weighted by Gasteiger charge is -2.37. The van der Waals surface area contributed by atoms with Crippen molar-refractivity contribution in [3.8, 4) is 17.2 Å². The quantitative estimate of drug-likeness (QED) is 0.183. The molecule has 0 bridgehead atoms. The minimum atomic E-state index is -3.67. The Labute approximate surface area is 312 Å². The van der Waals surface area contributed by atoms with Gasteiger partial charge in [-0.3, -0.25) is 4.57 Å². The Morgan fingerprint density at radius 1 is 0.906 bits per heavy atom. The van der Waals surface area contributed by atoms with Gasteiger partial charge in [-0.05, 0) is 84.9 Å². The number of hydrogen-bond donors (Lipinski definition) is 3. The molecule has 3 aromatic carbocycles. The van der Waals surface area contributed by atoms with Crippen molar-refractivity contribution in [2.24, 2.45) is 5.73 Å². The predicted molar refractivity (Wildman–Crippen MR) is 210 cm³/mol. The number of nitrogens with one attached hydrogen (secondary N) is 2. The number of aromatic nitrogens is 3. The Balaban J connectivity index is 0.000000192. The van der Waals surface area contributed by atoms with Gasteiger partial charge in [0.25, 0.3) is 0 Å². The molecular formula is C41H52N6O5S. The maximum absolute atomic E-state index is 13.7. The van der Waals surface area contributed by atoms with Crippen molar-refractivity contribution in [3.05, 3.63) is 112 Å². The van der Waals surface area contributed by atoms with E-state index >= 15 is 0 Å². The molecule has 0 aliphatic carbocycles. The van der Waals surface area contributed by atoms with Crippen molar-refractivity contribution in [3.63, 3.8) is 0 Å². The fourth-order valence-corrected chi connectivity index (χ4v) is 8.25. The highest BCUT2D eigenvalue weighted by Gasteiger charge is 2.36. The van der Waals surface area contributed by atoms with Crippen LogP contribution >= 0.6 is 0 Å². The molecule has 7 rings (SSSR count). The number of nitrogens with two attached hydrogens (primary N) is 1. The molecule has 4 N–H and O–H groups in total. The van der Waals surface area contributed by atoms with Crippen molar-refractivity contribution < 1.29 is 17.9 Å². The maximum atomic E-state index is 13.7. The van der Waals surface area contributed by atoms with E-state index in [0.29, 0.717) is 35.2 Å². The summed E-state index contributed by atoms with van der Waals surface area (Å²) in [6.07, 6.45) is 3.04. The first kappa shape index (κ1) is 38.2. The van der Waals surface area contributed by atoms with Crippen LogP contribution in [-0.4, -0.2) is 65.6 Å². The number of rotatable bonds is 7. The average molecular weight is 741 g/mol. The molecule has 0 saturated carbocycles. The molecule has 11 nitrogen and oxygen atoms in total. The first-order chi connectivity index (χ1) is 25.1. The van der Waals surface area contributed by atoms with Gasteiger partial charge in [0.05, 0.1) is 17.1 Å². The fourth-order valence-electron chi connectivity index (χ4n) is 6.53. The fraction of sp³-hybridized carbons (Fsp3) is 0.415. The van der Waals surface area contributed by atoms with E-state index in [9.17, 15) is 13.2 Å². The third-order valence-electron chi connectivity index (χ3n) is 9.76. The molecule has 1 unspecified atom stereocenters. The van der Waals surface area contributed by atoms with Crippen LogP contribution < -0.4 is 26.2 Å². The van der Waals surface area contributed by atoms with Crippen LogP contribution in [0.15, 0.2) is 94.7 Å². The highest BCUT2D eigenvalue weighted by atomic mass is 32.2. The normalized spacial score (nSPS) is 16.7.